The van der Waals surface area contributed by atoms with E-state index in [1.54, 1.807) is 13.1 Å². The van der Waals surface area contributed by atoms with Crippen LogP contribution in [-0.4, -0.2) is 40.5 Å². The summed E-state index contributed by atoms with van der Waals surface area (Å²) in [6, 6.07) is 7.67. The first-order valence-electron chi connectivity index (χ1n) is 7.53. The Morgan fingerprint density at radius 1 is 1.26 bits per heavy atom. The van der Waals surface area contributed by atoms with Crippen molar-refractivity contribution < 1.29 is 4.79 Å². The van der Waals surface area contributed by atoms with Crippen LogP contribution in [0.25, 0.3) is 16.2 Å². The Morgan fingerprint density at radius 3 is 2.87 bits per heavy atom. The number of Topliss-reactive ketones (excluding diaryl/α,β-unsaturated/α-hetero) is 1. The first kappa shape index (κ1) is 15.6. The summed E-state index contributed by atoms with van der Waals surface area (Å²) in [6.45, 7) is 3.40. The molecule has 0 aromatic carbocycles. The fourth-order valence-electron chi connectivity index (χ4n) is 2.28. The Hall–Kier alpha value is -2.25. The van der Waals surface area contributed by atoms with Crippen molar-refractivity contribution in [3.63, 3.8) is 0 Å². The number of imidazole rings is 1. The van der Waals surface area contributed by atoms with Crippen molar-refractivity contribution >= 4 is 28.6 Å². The van der Waals surface area contributed by atoms with E-state index in [9.17, 15) is 4.79 Å². The van der Waals surface area contributed by atoms with Gasteiger partial charge in [-0.05, 0) is 51.2 Å². The Balaban J connectivity index is 1.87. The average Bonchev–Trinajstić information content (AvgIpc) is 3.17. The van der Waals surface area contributed by atoms with E-state index in [-0.39, 0.29) is 5.78 Å². The minimum Gasteiger partial charge on any atom is -0.369 e. The number of anilines is 1. The number of hydrogen-bond acceptors (Lipinski definition) is 6. The van der Waals surface area contributed by atoms with Gasteiger partial charge in [-0.1, -0.05) is 0 Å². The summed E-state index contributed by atoms with van der Waals surface area (Å²) in [4.78, 5) is 17.6. The van der Waals surface area contributed by atoms with Gasteiger partial charge in [0.05, 0.1) is 16.0 Å². The zero-order chi connectivity index (χ0) is 16.2. The summed E-state index contributed by atoms with van der Waals surface area (Å²) in [5.74, 6) is 0.895. The second kappa shape index (κ2) is 6.89. The lowest BCUT2D eigenvalue weighted by molar-refractivity contribution is 0.102. The highest BCUT2D eigenvalue weighted by molar-refractivity contribution is 7.17. The molecule has 0 saturated carbocycles. The Morgan fingerprint density at radius 2 is 2.13 bits per heavy atom. The summed E-state index contributed by atoms with van der Waals surface area (Å²) in [5, 5.41) is 11.0. The lowest BCUT2D eigenvalue weighted by Crippen LogP contribution is -2.13. The van der Waals surface area contributed by atoms with E-state index < -0.39 is 0 Å². The summed E-state index contributed by atoms with van der Waals surface area (Å²) in [7, 11) is 1.94. The predicted octanol–water partition coefficient (Wildman–Crippen LogP) is 2.68. The van der Waals surface area contributed by atoms with Crippen molar-refractivity contribution in [2.24, 2.45) is 0 Å². The van der Waals surface area contributed by atoms with Gasteiger partial charge in [0.15, 0.2) is 11.4 Å². The molecule has 2 N–H and O–H groups in total. The lowest BCUT2D eigenvalue weighted by atomic mass is 10.3. The van der Waals surface area contributed by atoms with Gasteiger partial charge in [-0.25, -0.2) is 9.50 Å². The highest BCUT2D eigenvalue weighted by Crippen LogP contribution is 2.28. The van der Waals surface area contributed by atoms with Crippen molar-refractivity contribution in [3.05, 3.63) is 35.3 Å². The van der Waals surface area contributed by atoms with Gasteiger partial charge in [0.2, 0.25) is 0 Å². The van der Waals surface area contributed by atoms with Crippen LogP contribution in [0.15, 0.2) is 30.5 Å². The molecule has 120 valence electrons. The second-order valence-electron chi connectivity index (χ2n) is 5.24. The molecule has 0 spiro atoms. The number of hydrogen-bond donors (Lipinski definition) is 2. The van der Waals surface area contributed by atoms with Crippen LogP contribution in [-0.2, 0) is 0 Å². The van der Waals surface area contributed by atoms with Gasteiger partial charge < -0.3 is 10.6 Å². The molecule has 0 aliphatic carbocycles. The van der Waals surface area contributed by atoms with Crippen molar-refractivity contribution in [1.29, 1.82) is 0 Å². The van der Waals surface area contributed by atoms with Gasteiger partial charge in [-0.3, -0.25) is 4.79 Å². The molecule has 6 nitrogen and oxygen atoms in total. The van der Waals surface area contributed by atoms with Gasteiger partial charge in [0.25, 0.3) is 0 Å². The summed E-state index contributed by atoms with van der Waals surface area (Å²) >= 11 is 1.46. The van der Waals surface area contributed by atoms with Crippen LogP contribution in [0.4, 0.5) is 5.82 Å². The smallest absolute Gasteiger partial charge is 0.169 e. The third kappa shape index (κ3) is 3.40. The number of fused-ring (bicyclic) bond motifs is 1. The molecule has 7 heteroatoms. The highest BCUT2D eigenvalue weighted by Gasteiger charge is 2.12. The van der Waals surface area contributed by atoms with Crippen molar-refractivity contribution in [2.45, 2.75) is 13.3 Å². The Labute approximate surface area is 138 Å². The van der Waals surface area contributed by atoms with Crippen LogP contribution in [0.2, 0.25) is 0 Å². The maximum Gasteiger partial charge on any atom is 0.169 e. The number of nitrogens with zero attached hydrogens (tertiary/aromatic N) is 3. The second-order valence-corrected chi connectivity index (χ2v) is 6.32. The largest absolute Gasteiger partial charge is 0.369 e. The maximum absolute atomic E-state index is 11.5. The van der Waals surface area contributed by atoms with Crippen LogP contribution in [0.3, 0.4) is 0 Å². The molecular weight excluding hydrogens is 310 g/mol. The van der Waals surface area contributed by atoms with Crippen LogP contribution >= 0.6 is 11.3 Å². The molecular formula is C16H19N5OS. The average molecular weight is 329 g/mol. The van der Waals surface area contributed by atoms with E-state index in [4.69, 9.17) is 0 Å². The van der Waals surface area contributed by atoms with E-state index >= 15 is 0 Å². The monoisotopic (exact) mass is 329 g/mol. The van der Waals surface area contributed by atoms with Gasteiger partial charge in [-0.15, -0.1) is 16.4 Å². The fourth-order valence-corrected chi connectivity index (χ4v) is 3.18. The summed E-state index contributed by atoms with van der Waals surface area (Å²) in [6.07, 6.45) is 2.82. The van der Waals surface area contributed by atoms with E-state index in [2.05, 4.69) is 20.7 Å². The predicted molar refractivity (Wildman–Crippen MR) is 93.3 cm³/mol. The molecule has 0 atom stereocenters. The van der Waals surface area contributed by atoms with Crippen LogP contribution in [0, 0.1) is 0 Å². The molecule has 0 saturated heterocycles. The lowest BCUT2D eigenvalue weighted by Gasteiger charge is -2.06. The highest BCUT2D eigenvalue weighted by atomic mass is 32.1. The molecule has 0 amide bonds. The number of aromatic nitrogens is 3. The summed E-state index contributed by atoms with van der Waals surface area (Å²) < 4.78 is 1.82. The third-order valence-electron chi connectivity index (χ3n) is 3.48. The van der Waals surface area contributed by atoms with E-state index in [0.717, 1.165) is 46.4 Å². The minimum absolute atomic E-state index is 0.0786. The van der Waals surface area contributed by atoms with Gasteiger partial charge >= 0.3 is 0 Å². The molecule has 0 bridgehead atoms. The fraction of sp³-hybridized carbons (Fsp3) is 0.312. The number of thiophene rings is 1. The van der Waals surface area contributed by atoms with Crippen LogP contribution in [0.1, 0.15) is 23.0 Å². The minimum atomic E-state index is 0.0786. The zero-order valence-electron chi connectivity index (χ0n) is 13.2. The molecule has 0 aliphatic heterocycles. The molecule has 3 aromatic rings. The molecule has 0 aliphatic rings. The standard InChI is InChI=1S/C16H19N5OS/c1-11(22)13-4-5-14(23-13)12-10-19-16-7-6-15(20-21(12)16)18-9-3-8-17-2/h4-7,10,17H,3,8-9H2,1-2H3,(H,18,20). The van der Waals surface area contributed by atoms with Crippen molar-refractivity contribution in [1.82, 2.24) is 19.9 Å². The molecule has 0 unspecified atom stereocenters. The quantitative estimate of drug-likeness (QED) is 0.515. The van der Waals surface area contributed by atoms with E-state index in [0.29, 0.717) is 0 Å². The van der Waals surface area contributed by atoms with Crippen LogP contribution in [0.5, 0.6) is 0 Å². The molecule has 0 fully saturated rings. The van der Waals surface area contributed by atoms with Gasteiger partial charge in [0.1, 0.15) is 11.5 Å². The zero-order valence-corrected chi connectivity index (χ0v) is 14.0. The topological polar surface area (TPSA) is 71.3 Å². The van der Waals surface area contributed by atoms with Crippen molar-refractivity contribution in [3.8, 4) is 10.6 Å². The Kier molecular flexibility index (Phi) is 4.68. The normalized spacial score (nSPS) is 11.0. The SMILES string of the molecule is CNCCCNc1ccc2ncc(-c3ccc(C(C)=O)s3)n2n1. The van der Waals surface area contributed by atoms with Gasteiger partial charge in [-0.2, -0.15) is 0 Å². The van der Waals surface area contributed by atoms with Crippen LogP contribution < -0.4 is 10.6 Å². The third-order valence-corrected chi connectivity index (χ3v) is 4.69. The Bertz CT molecular complexity index is 823. The summed E-state index contributed by atoms with van der Waals surface area (Å²) in [5.41, 5.74) is 1.69. The number of carbonyl (C=O) groups is 1. The molecule has 23 heavy (non-hydrogen) atoms. The number of carbonyl (C=O) groups excluding carboxylic acids is 1. The molecule has 3 rings (SSSR count). The number of nitrogens with one attached hydrogen (secondary N) is 2. The van der Waals surface area contributed by atoms with Crippen molar-refractivity contribution in [2.75, 3.05) is 25.5 Å². The van der Waals surface area contributed by atoms with E-state index in [1.165, 1.54) is 11.3 Å². The number of ketones is 1. The molecule has 3 aromatic heterocycles. The molecule has 0 radical (unpaired) electrons. The molecule has 3 heterocycles. The van der Waals surface area contributed by atoms with E-state index in [1.807, 2.05) is 35.8 Å². The first-order chi connectivity index (χ1) is 11.2. The number of rotatable bonds is 7. The first-order valence-corrected chi connectivity index (χ1v) is 8.35. The van der Waals surface area contributed by atoms with Gasteiger partial charge in [0, 0.05) is 6.54 Å². The maximum atomic E-state index is 11.5.